The summed E-state index contributed by atoms with van der Waals surface area (Å²) in [6, 6.07) is 1.58. The van der Waals surface area contributed by atoms with E-state index in [-0.39, 0.29) is 17.9 Å². The number of carbonyl (C=O) groups excluding carboxylic acids is 1. The molecular formula is C10H14F2N4O3S. The topological polar surface area (TPSA) is 113 Å². The third-order valence-electron chi connectivity index (χ3n) is 2.42. The third-order valence-corrected chi connectivity index (χ3v) is 3.78. The summed E-state index contributed by atoms with van der Waals surface area (Å²) in [5, 5.41) is 2.24. The molecule has 0 aliphatic heterocycles. The van der Waals surface area contributed by atoms with E-state index in [1.165, 1.54) is 7.05 Å². The quantitative estimate of drug-likeness (QED) is 0.419. The summed E-state index contributed by atoms with van der Waals surface area (Å²) in [5.41, 5.74) is 0.998. The van der Waals surface area contributed by atoms with Gasteiger partial charge in [-0.3, -0.25) is 10.6 Å². The lowest BCUT2D eigenvalue weighted by atomic mass is 10.1. The Morgan fingerprint density at radius 1 is 1.30 bits per heavy atom. The first-order valence-corrected chi connectivity index (χ1v) is 7.11. The molecule has 1 aromatic carbocycles. The average molecular weight is 308 g/mol. The monoisotopic (exact) mass is 308 g/mol. The Hall–Kier alpha value is -1.78. The van der Waals surface area contributed by atoms with Crippen LogP contribution < -0.4 is 21.3 Å². The lowest BCUT2D eigenvalue weighted by Gasteiger charge is -2.08. The largest absolute Gasteiger partial charge is 0.351 e. The van der Waals surface area contributed by atoms with E-state index in [1.807, 2.05) is 5.43 Å². The van der Waals surface area contributed by atoms with Crippen molar-refractivity contribution >= 4 is 21.6 Å². The van der Waals surface area contributed by atoms with Crippen molar-refractivity contribution in [1.82, 2.24) is 10.0 Å². The predicted molar refractivity (Wildman–Crippen MR) is 69.3 cm³/mol. The van der Waals surface area contributed by atoms with Crippen LogP contribution in [0.2, 0.25) is 0 Å². The maximum absolute atomic E-state index is 13.4. The average Bonchev–Trinajstić information content (AvgIpc) is 2.38. The highest BCUT2D eigenvalue weighted by atomic mass is 32.2. The zero-order valence-corrected chi connectivity index (χ0v) is 11.4. The molecule has 0 heterocycles. The Kier molecular flexibility index (Phi) is 5.36. The number of benzene rings is 1. The van der Waals surface area contributed by atoms with Crippen molar-refractivity contribution in [1.29, 1.82) is 0 Å². The molecule has 0 saturated carbocycles. The normalized spacial score (nSPS) is 11.2. The molecule has 5 N–H and O–H groups in total. The first-order chi connectivity index (χ1) is 9.30. The van der Waals surface area contributed by atoms with E-state index in [2.05, 4.69) is 10.0 Å². The van der Waals surface area contributed by atoms with E-state index in [0.717, 1.165) is 12.1 Å². The molecule has 1 aromatic rings. The highest BCUT2D eigenvalue weighted by molar-refractivity contribution is 7.89. The highest BCUT2D eigenvalue weighted by Crippen LogP contribution is 2.19. The van der Waals surface area contributed by atoms with Crippen molar-refractivity contribution in [3.63, 3.8) is 0 Å². The van der Waals surface area contributed by atoms with E-state index in [1.54, 1.807) is 0 Å². The van der Waals surface area contributed by atoms with Crippen molar-refractivity contribution in [3.05, 3.63) is 29.3 Å². The summed E-state index contributed by atoms with van der Waals surface area (Å²) < 4.78 is 51.0. The minimum Gasteiger partial charge on any atom is -0.351 e. The fourth-order valence-electron chi connectivity index (χ4n) is 1.35. The van der Waals surface area contributed by atoms with Crippen molar-refractivity contribution < 1.29 is 22.0 Å². The number of amides is 1. The zero-order chi connectivity index (χ0) is 15.3. The van der Waals surface area contributed by atoms with Crippen LogP contribution in [0.3, 0.4) is 0 Å². The Morgan fingerprint density at radius 2 is 1.85 bits per heavy atom. The van der Waals surface area contributed by atoms with Gasteiger partial charge in [-0.1, -0.05) is 0 Å². The van der Waals surface area contributed by atoms with Crippen LogP contribution in [-0.4, -0.2) is 33.7 Å². The minimum atomic E-state index is -3.46. The molecule has 20 heavy (non-hydrogen) atoms. The van der Waals surface area contributed by atoms with Gasteiger partial charge in [0.15, 0.2) is 11.6 Å². The standard InChI is InChI=1S/C10H14F2N4O3S/c1-14-20(18,19)3-2-15-10(17)6-4-7(11)9(16-13)8(12)5-6/h4-5,14,16H,2-3,13H2,1H3,(H,15,17). The molecule has 0 unspecified atom stereocenters. The van der Waals surface area contributed by atoms with Crippen LogP contribution >= 0.6 is 0 Å². The Morgan fingerprint density at radius 3 is 2.30 bits per heavy atom. The minimum absolute atomic E-state index is 0.192. The van der Waals surface area contributed by atoms with Crippen molar-refractivity contribution in [2.45, 2.75) is 0 Å². The van der Waals surface area contributed by atoms with Crippen LogP contribution in [0.5, 0.6) is 0 Å². The Balaban J connectivity index is 2.74. The highest BCUT2D eigenvalue weighted by Gasteiger charge is 2.15. The number of hydrogen-bond donors (Lipinski definition) is 4. The smallest absolute Gasteiger partial charge is 0.251 e. The second-order valence-electron chi connectivity index (χ2n) is 3.74. The van der Waals surface area contributed by atoms with E-state index in [9.17, 15) is 22.0 Å². The SMILES string of the molecule is CNS(=O)(=O)CCNC(=O)c1cc(F)c(NN)c(F)c1. The fraction of sp³-hybridized carbons (Fsp3) is 0.300. The van der Waals surface area contributed by atoms with Gasteiger partial charge < -0.3 is 10.7 Å². The van der Waals surface area contributed by atoms with Crippen LogP contribution in [0.4, 0.5) is 14.5 Å². The van der Waals surface area contributed by atoms with Crippen molar-refractivity contribution in [2.24, 2.45) is 5.84 Å². The summed E-state index contributed by atoms with van der Waals surface area (Å²) in [6.07, 6.45) is 0. The van der Waals surface area contributed by atoms with E-state index < -0.39 is 33.3 Å². The first-order valence-electron chi connectivity index (χ1n) is 5.46. The zero-order valence-electron chi connectivity index (χ0n) is 10.5. The number of sulfonamides is 1. The molecule has 0 radical (unpaired) electrons. The molecule has 10 heteroatoms. The molecule has 0 saturated heterocycles. The van der Waals surface area contributed by atoms with E-state index in [0.29, 0.717) is 0 Å². The molecule has 1 amide bonds. The van der Waals surface area contributed by atoms with Gasteiger partial charge >= 0.3 is 0 Å². The molecular weight excluding hydrogens is 294 g/mol. The van der Waals surface area contributed by atoms with Gasteiger partial charge in [0.25, 0.3) is 5.91 Å². The van der Waals surface area contributed by atoms with Crippen molar-refractivity contribution in [2.75, 3.05) is 24.8 Å². The van der Waals surface area contributed by atoms with Gasteiger partial charge in [0.05, 0.1) is 5.75 Å². The van der Waals surface area contributed by atoms with E-state index >= 15 is 0 Å². The van der Waals surface area contributed by atoms with Crippen LogP contribution in [0.15, 0.2) is 12.1 Å². The van der Waals surface area contributed by atoms with Gasteiger partial charge in [-0.2, -0.15) is 0 Å². The maximum atomic E-state index is 13.4. The lowest BCUT2D eigenvalue weighted by molar-refractivity contribution is 0.0955. The van der Waals surface area contributed by atoms with Gasteiger partial charge in [-0.05, 0) is 19.2 Å². The van der Waals surface area contributed by atoms with Gasteiger partial charge in [-0.25, -0.2) is 21.9 Å². The number of nitrogen functional groups attached to an aromatic ring is 1. The molecule has 0 atom stereocenters. The number of hydrogen-bond acceptors (Lipinski definition) is 5. The number of anilines is 1. The van der Waals surface area contributed by atoms with Crippen LogP contribution in [-0.2, 0) is 10.0 Å². The number of halogens is 2. The molecule has 0 bridgehead atoms. The number of nitrogens with one attached hydrogen (secondary N) is 3. The molecule has 0 fully saturated rings. The second kappa shape index (κ2) is 6.59. The lowest BCUT2D eigenvalue weighted by Crippen LogP contribution is -2.33. The number of carbonyl (C=O) groups is 1. The molecule has 0 aromatic heterocycles. The number of hydrazine groups is 1. The van der Waals surface area contributed by atoms with Crippen LogP contribution in [0.1, 0.15) is 10.4 Å². The van der Waals surface area contributed by atoms with Gasteiger partial charge in [0.1, 0.15) is 5.69 Å². The molecule has 7 nitrogen and oxygen atoms in total. The van der Waals surface area contributed by atoms with Crippen molar-refractivity contribution in [3.8, 4) is 0 Å². The maximum Gasteiger partial charge on any atom is 0.251 e. The molecule has 112 valence electrons. The number of nitrogens with two attached hydrogens (primary N) is 1. The third kappa shape index (κ3) is 4.11. The summed E-state index contributed by atoms with van der Waals surface area (Å²) in [5.74, 6) is 1.72. The second-order valence-corrected chi connectivity index (χ2v) is 5.78. The number of rotatable bonds is 6. The summed E-state index contributed by atoms with van der Waals surface area (Å²) >= 11 is 0. The predicted octanol–water partition coefficient (Wildman–Crippen LogP) is -0.471. The summed E-state index contributed by atoms with van der Waals surface area (Å²) in [4.78, 5) is 11.6. The van der Waals surface area contributed by atoms with Crippen LogP contribution in [0, 0.1) is 11.6 Å². The molecule has 0 spiro atoms. The molecule has 0 aliphatic rings. The van der Waals surface area contributed by atoms with E-state index in [4.69, 9.17) is 5.84 Å². The van der Waals surface area contributed by atoms with Gasteiger partial charge in [0, 0.05) is 12.1 Å². The fourth-order valence-corrected chi connectivity index (χ4v) is 1.92. The van der Waals surface area contributed by atoms with Gasteiger partial charge in [-0.15, -0.1) is 0 Å². The van der Waals surface area contributed by atoms with Gasteiger partial charge in [0.2, 0.25) is 10.0 Å². The summed E-state index contributed by atoms with van der Waals surface area (Å²) in [6.45, 7) is -0.192. The Labute approximate surface area is 114 Å². The first kappa shape index (κ1) is 16.3. The Bertz CT molecular complexity index is 584. The van der Waals surface area contributed by atoms with Crippen LogP contribution in [0.25, 0.3) is 0 Å². The molecule has 0 aliphatic carbocycles. The molecule has 1 rings (SSSR count). The summed E-state index contributed by atoms with van der Waals surface area (Å²) in [7, 11) is -2.23.